The number of rotatable bonds is 1. The minimum atomic E-state index is -4.60. The van der Waals surface area contributed by atoms with Crippen molar-refractivity contribution in [2.45, 2.75) is 6.18 Å². The number of nitrogens with zero attached hydrogens (tertiary/aromatic N) is 1. The van der Waals surface area contributed by atoms with E-state index in [0.717, 1.165) is 18.2 Å². The minimum Gasteiger partial charge on any atom is -0.207 e. The van der Waals surface area contributed by atoms with E-state index in [4.69, 9.17) is 5.26 Å². The Balaban J connectivity index is 2.65. The first kappa shape index (κ1) is 13.1. The Labute approximate surface area is 106 Å². The average molecular weight is 265 g/mol. The second-order valence-electron chi connectivity index (χ2n) is 3.84. The predicted molar refractivity (Wildman–Crippen MR) is 61.6 cm³/mol. The molecule has 0 aliphatic carbocycles. The van der Waals surface area contributed by atoms with Gasteiger partial charge in [0.2, 0.25) is 0 Å². The van der Waals surface area contributed by atoms with Crippen LogP contribution in [0.5, 0.6) is 0 Å². The fourth-order valence-electron chi connectivity index (χ4n) is 1.78. The summed E-state index contributed by atoms with van der Waals surface area (Å²) in [5.41, 5.74) is -0.945. The van der Waals surface area contributed by atoms with Gasteiger partial charge in [-0.3, -0.25) is 0 Å². The molecular weight excluding hydrogens is 258 g/mol. The van der Waals surface area contributed by atoms with E-state index in [0.29, 0.717) is 5.56 Å². The Bertz CT molecular complexity index is 636. The molecule has 0 spiro atoms. The molecule has 0 bridgehead atoms. The smallest absolute Gasteiger partial charge is 0.207 e. The van der Waals surface area contributed by atoms with Crippen LogP contribution in [-0.2, 0) is 6.18 Å². The molecule has 0 aromatic heterocycles. The van der Waals surface area contributed by atoms with Gasteiger partial charge in [-0.1, -0.05) is 24.3 Å². The number of hydrogen-bond acceptors (Lipinski definition) is 1. The van der Waals surface area contributed by atoms with E-state index >= 15 is 0 Å². The quantitative estimate of drug-likeness (QED) is 0.702. The Morgan fingerprint density at radius 3 is 2.11 bits per heavy atom. The number of hydrogen-bond donors (Lipinski definition) is 0. The van der Waals surface area contributed by atoms with Crippen molar-refractivity contribution < 1.29 is 17.6 Å². The van der Waals surface area contributed by atoms with Crippen LogP contribution in [0, 0.1) is 17.1 Å². The molecule has 0 saturated heterocycles. The lowest BCUT2D eigenvalue weighted by Gasteiger charge is -2.12. The van der Waals surface area contributed by atoms with E-state index in [1.807, 2.05) is 0 Å². The van der Waals surface area contributed by atoms with E-state index in [-0.39, 0.29) is 5.56 Å². The summed E-state index contributed by atoms with van der Waals surface area (Å²) in [6, 6.07) is 10.0. The topological polar surface area (TPSA) is 23.8 Å². The van der Waals surface area contributed by atoms with Gasteiger partial charge in [-0.25, -0.2) is 4.39 Å². The summed E-state index contributed by atoms with van der Waals surface area (Å²) >= 11 is 0. The van der Waals surface area contributed by atoms with Crippen LogP contribution in [0.2, 0.25) is 0 Å². The van der Waals surface area contributed by atoms with E-state index in [2.05, 4.69) is 0 Å². The predicted octanol–water partition coefficient (Wildman–Crippen LogP) is 4.38. The lowest BCUT2D eigenvalue weighted by atomic mass is 9.96. The maximum Gasteiger partial charge on any atom is 0.417 e. The Morgan fingerprint density at radius 1 is 0.947 bits per heavy atom. The molecule has 0 amide bonds. The van der Waals surface area contributed by atoms with Crippen molar-refractivity contribution in [3.63, 3.8) is 0 Å². The summed E-state index contributed by atoms with van der Waals surface area (Å²) in [5, 5.41) is 8.95. The van der Waals surface area contributed by atoms with Crippen LogP contribution in [0.4, 0.5) is 17.6 Å². The molecule has 19 heavy (non-hydrogen) atoms. The van der Waals surface area contributed by atoms with Crippen molar-refractivity contribution >= 4 is 0 Å². The maximum absolute atomic E-state index is 12.8. The Morgan fingerprint density at radius 2 is 1.58 bits per heavy atom. The van der Waals surface area contributed by atoms with Crippen LogP contribution in [0.3, 0.4) is 0 Å². The zero-order valence-corrected chi connectivity index (χ0v) is 9.50. The van der Waals surface area contributed by atoms with Gasteiger partial charge in [0.05, 0.1) is 11.1 Å². The zero-order valence-electron chi connectivity index (χ0n) is 9.50. The summed E-state index contributed by atoms with van der Waals surface area (Å²) in [4.78, 5) is 0. The Hall–Kier alpha value is -2.35. The molecule has 2 aromatic carbocycles. The molecule has 0 fully saturated rings. The van der Waals surface area contributed by atoms with Gasteiger partial charge >= 0.3 is 6.18 Å². The highest BCUT2D eigenvalue weighted by atomic mass is 19.4. The lowest BCUT2D eigenvalue weighted by molar-refractivity contribution is -0.137. The first-order chi connectivity index (χ1) is 8.93. The van der Waals surface area contributed by atoms with Gasteiger partial charge in [0.1, 0.15) is 11.9 Å². The van der Waals surface area contributed by atoms with Crippen molar-refractivity contribution in [1.29, 1.82) is 5.26 Å². The van der Waals surface area contributed by atoms with Crippen molar-refractivity contribution in [2.24, 2.45) is 0 Å². The lowest BCUT2D eigenvalue weighted by Crippen LogP contribution is -2.08. The fourth-order valence-corrected chi connectivity index (χ4v) is 1.78. The third-order valence-corrected chi connectivity index (χ3v) is 2.64. The van der Waals surface area contributed by atoms with Gasteiger partial charge in [0.25, 0.3) is 0 Å². The van der Waals surface area contributed by atoms with Gasteiger partial charge in [0.15, 0.2) is 0 Å². The molecule has 1 nitrogen and oxygen atoms in total. The summed E-state index contributed by atoms with van der Waals surface area (Å²) < 4.78 is 51.2. The van der Waals surface area contributed by atoms with E-state index < -0.39 is 23.1 Å². The third kappa shape index (κ3) is 2.58. The molecule has 5 heteroatoms. The highest BCUT2D eigenvalue weighted by Gasteiger charge is 2.34. The van der Waals surface area contributed by atoms with Gasteiger partial charge in [-0.15, -0.1) is 0 Å². The molecule has 0 saturated carbocycles. The molecular formula is C14H7F4N. The molecule has 0 aliphatic heterocycles. The average Bonchev–Trinajstić information content (AvgIpc) is 2.37. The first-order valence-electron chi connectivity index (χ1n) is 5.29. The largest absolute Gasteiger partial charge is 0.417 e. The van der Waals surface area contributed by atoms with Crippen LogP contribution in [0.25, 0.3) is 11.1 Å². The first-order valence-corrected chi connectivity index (χ1v) is 5.29. The third-order valence-electron chi connectivity index (χ3n) is 2.64. The maximum atomic E-state index is 12.8. The zero-order chi connectivity index (χ0) is 14.0. The number of halogens is 4. The summed E-state index contributed by atoms with van der Waals surface area (Å²) in [6.07, 6.45) is -4.60. The van der Waals surface area contributed by atoms with Crippen LogP contribution in [-0.4, -0.2) is 0 Å². The Kier molecular flexibility index (Phi) is 3.26. The van der Waals surface area contributed by atoms with E-state index in [1.165, 1.54) is 24.3 Å². The number of alkyl halides is 3. The monoisotopic (exact) mass is 265 g/mol. The van der Waals surface area contributed by atoms with Gasteiger partial charge in [-0.05, 0) is 23.8 Å². The second-order valence-corrected chi connectivity index (χ2v) is 3.84. The van der Waals surface area contributed by atoms with Crippen LogP contribution in [0.15, 0.2) is 42.5 Å². The van der Waals surface area contributed by atoms with Crippen molar-refractivity contribution in [3.05, 3.63) is 59.4 Å². The van der Waals surface area contributed by atoms with Crippen molar-refractivity contribution in [1.82, 2.24) is 0 Å². The molecule has 0 heterocycles. The summed E-state index contributed by atoms with van der Waals surface area (Å²) in [6.45, 7) is 0. The van der Waals surface area contributed by atoms with Crippen molar-refractivity contribution in [2.75, 3.05) is 0 Å². The SMILES string of the molecule is N#Cc1c(-c2ccc(F)cc2)cccc1C(F)(F)F. The van der Waals surface area contributed by atoms with Gasteiger partial charge < -0.3 is 0 Å². The molecule has 0 aliphatic rings. The van der Waals surface area contributed by atoms with Crippen LogP contribution < -0.4 is 0 Å². The number of nitriles is 1. The van der Waals surface area contributed by atoms with Crippen molar-refractivity contribution in [3.8, 4) is 17.2 Å². The molecule has 0 radical (unpaired) electrons. The minimum absolute atomic E-state index is 0.136. The normalized spacial score (nSPS) is 11.1. The van der Waals surface area contributed by atoms with Crippen LogP contribution >= 0.6 is 0 Å². The highest BCUT2D eigenvalue weighted by Crippen LogP contribution is 2.36. The standard InChI is InChI=1S/C14H7F4N/c15-10-6-4-9(5-7-10)11-2-1-3-13(12(11)8-19)14(16,17)18/h1-7H. The van der Waals surface area contributed by atoms with Gasteiger partial charge in [-0.2, -0.15) is 18.4 Å². The van der Waals surface area contributed by atoms with E-state index in [9.17, 15) is 17.6 Å². The second kappa shape index (κ2) is 4.73. The van der Waals surface area contributed by atoms with Crippen LogP contribution in [0.1, 0.15) is 11.1 Å². The van der Waals surface area contributed by atoms with E-state index in [1.54, 1.807) is 6.07 Å². The molecule has 0 N–H and O–H groups in total. The summed E-state index contributed by atoms with van der Waals surface area (Å²) in [7, 11) is 0. The van der Waals surface area contributed by atoms with Gasteiger partial charge in [0, 0.05) is 5.56 Å². The number of benzene rings is 2. The molecule has 2 aromatic rings. The molecule has 2 rings (SSSR count). The molecule has 0 unspecified atom stereocenters. The molecule has 0 atom stereocenters. The molecule has 96 valence electrons. The highest BCUT2D eigenvalue weighted by molar-refractivity contribution is 5.72. The fraction of sp³-hybridized carbons (Fsp3) is 0.0714. The summed E-state index contributed by atoms with van der Waals surface area (Å²) in [5.74, 6) is -0.491.